The van der Waals surface area contributed by atoms with Gasteiger partial charge in [0.25, 0.3) is 0 Å². The van der Waals surface area contributed by atoms with Crippen molar-refractivity contribution in [1.29, 1.82) is 0 Å². The molecule has 0 unspecified atom stereocenters. The van der Waals surface area contributed by atoms with E-state index in [1.54, 1.807) is 0 Å². The van der Waals surface area contributed by atoms with Crippen LogP contribution in [0, 0.1) is 0 Å². The van der Waals surface area contributed by atoms with Gasteiger partial charge in [-0.05, 0) is 0 Å². The van der Waals surface area contributed by atoms with Gasteiger partial charge >= 0.3 is 0 Å². The molecule has 0 spiro atoms. The predicted molar refractivity (Wildman–Crippen MR) is 39.2 cm³/mol. The number of hydrazone groups is 1. The fourth-order valence-corrected chi connectivity index (χ4v) is 0.918. The van der Waals surface area contributed by atoms with Gasteiger partial charge < -0.3 is 17.3 Å². The standard InChI is InChI=1S/C3H6N6S/c4-2(7-6)1-3(5)9-10-8-1/h6H2,(H2,4,7)(H2,5,9). The van der Waals surface area contributed by atoms with E-state index in [0.29, 0.717) is 5.69 Å². The molecule has 7 heteroatoms. The van der Waals surface area contributed by atoms with E-state index in [1.165, 1.54) is 0 Å². The number of amidine groups is 1. The Labute approximate surface area is 61.0 Å². The molecule has 1 aromatic rings. The summed E-state index contributed by atoms with van der Waals surface area (Å²) in [7, 11) is 0. The monoisotopic (exact) mass is 158 g/mol. The summed E-state index contributed by atoms with van der Waals surface area (Å²) in [6.45, 7) is 0. The number of anilines is 1. The Balaban J connectivity index is 3.05. The first-order valence-electron chi connectivity index (χ1n) is 2.37. The van der Waals surface area contributed by atoms with Gasteiger partial charge in [0.2, 0.25) is 0 Å². The minimum Gasteiger partial charge on any atom is -0.381 e. The Morgan fingerprint density at radius 2 is 2.20 bits per heavy atom. The van der Waals surface area contributed by atoms with Crippen molar-refractivity contribution in [3.05, 3.63) is 5.69 Å². The molecular formula is C3H6N6S. The first-order valence-corrected chi connectivity index (χ1v) is 3.10. The Hall–Kier alpha value is -1.37. The van der Waals surface area contributed by atoms with Gasteiger partial charge in [0.1, 0.15) is 0 Å². The molecule has 0 aliphatic carbocycles. The fraction of sp³-hybridized carbons (Fsp3) is 0. The van der Waals surface area contributed by atoms with E-state index in [0.717, 1.165) is 11.7 Å². The van der Waals surface area contributed by atoms with E-state index < -0.39 is 0 Å². The molecule has 6 N–H and O–H groups in total. The van der Waals surface area contributed by atoms with Gasteiger partial charge in [-0.15, -0.1) is 0 Å². The van der Waals surface area contributed by atoms with E-state index in [-0.39, 0.29) is 11.7 Å². The lowest BCUT2D eigenvalue weighted by molar-refractivity contribution is 1.22. The van der Waals surface area contributed by atoms with Gasteiger partial charge in [0.05, 0.1) is 11.7 Å². The van der Waals surface area contributed by atoms with Gasteiger partial charge in [-0.25, -0.2) is 0 Å². The Morgan fingerprint density at radius 1 is 1.50 bits per heavy atom. The molecule has 0 aromatic carbocycles. The van der Waals surface area contributed by atoms with Crippen LogP contribution in [-0.2, 0) is 0 Å². The zero-order valence-electron chi connectivity index (χ0n) is 4.98. The van der Waals surface area contributed by atoms with Crippen molar-refractivity contribution in [2.24, 2.45) is 16.7 Å². The number of hydrogen-bond donors (Lipinski definition) is 3. The van der Waals surface area contributed by atoms with Crippen molar-refractivity contribution in [3.8, 4) is 0 Å². The molecule has 0 fully saturated rings. The Morgan fingerprint density at radius 3 is 2.60 bits per heavy atom. The number of rotatable bonds is 1. The minimum absolute atomic E-state index is 0.103. The Bertz CT molecular complexity index is 251. The second-order valence-corrected chi connectivity index (χ2v) is 2.04. The molecule has 0 atom stereocenters. The molecule has 0 amide bonds. The van der Waals surface area contributed by atoms with E-state index in [4.69, 9.17) is 17.3 Å². The average molecular weight is 158 g/mol. The zero-order chi connectivity index (χ0) is 7.56. The molecular weight excluding hydrogens is 152 g/mol. The van der Waals surface area contributed by atoms with Crippen molar-refractivity contribution >= 4 is 23.4 Å². The molecule has 0 saturated heterocycles. The summed E-state index contributed by atoms with van der Waals surface area (Å²) in [4.78, 5) is 0. The van der Waals surface area contributed by atoms with Crippen molar-refractivity contribution in [2.75, 3.05) is 5.73 Å². The van der Waals surface area contributed by atoms with E-state index >= 15 is 0 Å². The maximum Gasteiger partial charge on any atom is 0.173 e. The molecule has 10 heavy (non-hydrogen) atoms. The molecule has 0 bridgehead atoms. The highest BCUT2D eigenvalue weighted by molar-refractivity contribution is 6.99. The Kier molecular flexibility index (Phi) is 1.67. The third-order valence-corrected chi connectivity index (χ3v) is 1.44. The first kappa shape index (κ1) is 6.75. The molecule has 54 valence electrons. The summed E-state index contributed by atoms with van der Waals surface area (Å²) in [5.41, 5.74) is 11.0. The summed E-state index contributed by atoms with van der Waals surface area (Å²) in [6.07, 6.45) is 0. The fourth-order valence-electron chi connectivity index (χ4n) is 0.434. The van der Waals surface area contributed by atoms with Crippen molar-refractivity contribution in [1.82, 2.24) is 8.75 Å². The van der Waals surface area contributed by atoms with E-state index in [9.17, 15) is 0 Å². The van der Waals surface area contributed by atoms with Crippen LogP contribution in [0.5, 0.6) is 0 Å². The van der Waals surface area contributed by atoms with Crippen LogP contribution in [0.2, 0.25) is 0 Å². The molecule has 1 heterocycles. The summed E-state index contributed by atoms with van der Waals surface area (Å²) in [6, 6.07) is 0. The van der Waals surface area contributed by atoms with Gasteiger partial charge in [-0.3, -0.25) is 0 Å². The molecule has 0 radical (unpaired) electrons. The number of nitrogens with two attached hydrogens (primary N) is 3. The number of hydrogen-bond acceptors (Lipinski definition) is 6. The van der Waals surface area contributed by atoms with Crippen LogP contribution in [0.1, 0.15) is 5.69 Å². The van der Waals surface area contributed by atoms with Crippen LogP contribution in [0.3, 0.4) is 0 Å². The quantitative estimate of drug-likeness (QED) is 0.203. The first-order chi connectivity index (χ1) is 4.75. The van der Waals surface area contributed by atoms with Crippen molar-refractivity contribution in [3.63, 3.8) is 0 Å². The molecule has 1 aromatic heterocycles. The highest BCUT2D eigenvalue weighted by Gasteiger charge is 2.06. The smallest absolute Gasteiger partial charge is 0.173 e. The third kappa shape index (κ3) is 0.982. The van der Waals surface area contributed by atoms with Crippen LogP contribution >= 0.6 is 11.7 Å². The van der Waals surface area contributed by atoms with Crippen LogP contribution in [0.25, 0.3) is 0 Å². The molecule has 0 aliphatic rings. The topological polar surface area (TPSA) is 116 Å². The van der Waals surface area contributed by atoms with Crippen LogP contribution in [-0.4, -0.2) is 14.6 Å². The lowest BCUT2D eigenvalue weighted by Gasteiger charge is -1.90. The lowest BCUT2D eigenvalue weighted by atomic mass is 10.4. The summed E-state index contributed by atoms with van der Waals surface area (Å²) in [5.74, 6) is 5.24. The van der Waals surface area contributed by atoms with Crippen molar-refractivity contribution < 1.29 is 0 Å². The summed E-state index contributed by atoms with van der Waals surface area (Å²) >= 11 is 0.969. The van der Waals surface area contributed by atoms with Gasteiger partial charge in [-0.2, -0.15) is 13.8 Å². The normalized spacial score (nSPS) is 11.8. The number of aromatic nitrogens is 2. The molecule has 0 saturated carbocycles. The van der Waals surface area contributed by atoms with E-state index in [1.807, 2.05) is 0 Å². The van der Waals surface area contributed by atoms with Crippen LogP contribution in [0.4, 0.5) is 5.82 Å². The maximum absolute atomic E-state index is 5.34. The van der Waals surface area contributed by atoms with Crippen LogP contribution in [0.15, 0.2) is 5.10 Å². The van der Waals surface area contributed by atoms with E-state index in [2.05, 4.69) is 13.8 Å². The third-order valence-electron chi connectivity index (χ3n) is 0.896. The maximum atomic E-state index is 5.34. The van der Waals surface area contributed by atoms with Gasteiger partial charge in [0.15, 0.2) is 17.3 Å². The van der Waals surface area contributed by atoms with Crippen LogP contribution < -0.4 is 17.3 Å². The second kappa shape index (κ2) is 2.48. The lowest BCUT2D eigenvalue weighted by Crippen LogP contribution is -2.17. The summed E-state index contributed by atoms with van der Waals surface area (Å²) < 4.78 is 7.43. The number of nitrogen functional groups attached to an aromatic ring is 1. The molecule has 0 aliphatic heterocycles. The SMILES string of the molecule is N/N=C(/N)c1nsnc1N. The molecule has 1 rings (SSSR count). The zero-order valence-corrected chi connectivity index (χ0v) is 5.80. The largest absolute Gasteiger partial charge is 0.381 e. The molecule has 6 nitrogen and oxygen atoms in total. The average Bonchev–Trinajstić information content (AvgIpc) is 2.34. The highest BCUT2D eigenvalue weighted by Crippen LogP contribution is 2.05. The predicted octanol–water partition coefficient (Wildman–Crippen LogP) is -1.30. The summed E-state index contributed by atoms with van der Waals surface area (Å²) in [5, 5.41) is 3.21. The highest BCUT2D eigenvalue weighted by atomic mass is 32.1. The van der Waals surface area contributed by atoms with Crippen molar-refractivity contribution in [2.45, 2.75) is 0 Å². The second-order valence-electron chi connectivity index (χ2n) is 1.51. The number of nitrogens with zero attached hydrogens (tertiary/aromatic N) is 3. The van der Waals surface area contributed by atoms with Gasteiger partial charge in [0, 0.05) is 0 Å². The minimum atomic E-state index is 0.103. The van der Waals surface area contributed by atoms with Gasteiger partial charge in [-0.1, -0.05) is 0 Å².